The summed E-state index contributed by atoms with van der Waals surface area (Å²) in [6, 6.07) is 0.519. The molecule has 4 nitrogen and oxygen atoms in total. The number of methoxy groups -OCH3 is 1. The molecule has 0 aromatic rings. The van der Waals surface area contributed by atoms with E-state index in [1.54, 1.807) is 0 Å². The van der Waals surface area contributed by atoms with Crippen molar-refractivity contribution in [3.63, 3.8) is 0 Å². The second-order valence-electron chi connectivity index (χ2n) is 6.38. The molecule has 1 aliphatic heterocycles. The molecule has 1 aliphatic carbocycles. The molecule has 1 atom stereocenters. The van der Waals surface area contributed by atoms with Gasteiger partial charge in [0, 0.05) is 24.5 Å². The van der Waals surface area contributed by atoms with Gasteiger partial charge in [-0.2, -0.15) is 11.8 Å². The molecule has 0 spiro atoms. The molecule has 0 radical (unpaired) electrons. The van der Waals surface area contributed by atoms with Crippen molar-refractivity contribution in [1.29, 1.82) is 0 Å². The van der Waals surface area contributed by atoms with Crippen LogP contribution in [-0.2, 0) is 14.3 Å². The van der Waals surface area contributed by atoms with Crippen molar-refractivity contribution < 1.29 is 14.3 Å². The van der Waals surface area contributed by atoms with Crippen molar-refractivity contribution in [2.75, 3.05) is 26.1 Å². The minimum atomic E-state index is -0.501. The van der Waals surface area contributed by atoms with Crippen LogP contribution in [0, 0.1) is 0 Å². The van der Waals surface area contributed by atoms with Gasteiger partial charge in [-0.15, -0.1) is 0 Å². The summed E-state index contributed by atoms with van der Waals surface area (Å²) in [4.78, 5) is 12.0. The Hall–Kier alpha value is -0.260. The van der Waals surface area contributed by atoms with Crippen LogP contribution in [-0.4, -0.2) is 48.9 Å². The molecule has 1 N–H and O–H groups in total. The van der Waals surface area contributed by atoms with E-state index in [4.69, 9.17) is 9.47 Å². The molecular formula is C16H29NO3S. The fraction of sp³-hybridized carbons (Fsp3) is 0.938. The van der Waals surface area contributed by atoms with Crippen LogP contribution in [0.4, 0.5) is 0 Å². The van der Waals surface area contributed by atoms with Crippen molar-refractivity contribution in [3.8, 4) is 0 Å². The van der Waals surface area contributed by atoms with Crippen LogP contribution in [0.25, 0.3) is 0 Å². The van der Waals surface area contributed by atoms with Gasteiger partial charge < -0.3 is 9.47 Å². The monoisotopic (exact) mass is 315 g/mol. The number of carbonyl (C=O) groups is 1. The standard InChI is InChI=1S/C16H29NO3S/c1-16(15(18)19-2,17-13-5-6-13)9-3-4-12-21-14-7-10-20-11-8-14/h13-14,17H,3-12H2,1-2H3. The Kier molecular flexibility index (Phi) is 6.83. The van der Waals surface area contributed by atoms with Gasteiger partial charge in [0.15, 0.2) is 0 Å². The largest absolute Gasteiger partial charge is 0.468 e. The number of ether oxygens (including phenoxy) is 2. The predicted octanol–water partition coefficient (Wildman–Crippen LogP) is 2.75. The Bertz CT molecular complexity index is 329. The summed E-state index contributed by atoms with van der Waals surface area (Å²) < 4.78 is 10.4. The van der Waals surface area contributed by atoms with Crippen LogP contribution in [0.5, 0.6) is 0 Å². The van der Waals surface area contributed by atoms with Gasteiger partial charge in [-0.1, -0.05) is 6.42 Å². The van der Waals surface area contributed by atoms with E-state index in [0.29, 0.717) is 6.04 Å². The van der Waals surface area contributed by atoms with Crippen LogP contribution < -0.4 is 5.32 Å². The molecule has 21 heavy (non-hydrogen) atoms. The SMILES string of the molecule is COC(=O)C(C)(CCCCSC1CCOCC1)NC1CC1. The van der Waals surface area contributed by atoms with Crippen LogP contribution >= 0.6 is 11.8 Å². The second-order valence-corrected chi connectivity index (χ2v) is 7.79. The molecule has 2 fully saturated rings. The Morgan fingerprint density at radius 1 is 1.29 bits per heavy atom. The first-order chi connectivity index (χ1) is 10.1. The number of esters is 1. The fourth-order valence-corrected chi connectivity index (χ4v) is 4.04. The number of nitrogens with one attached hydrogen (secondary N) is 1. The molecular weight excluding hydrogens is 286 g/mol. The van der Waals surface area contributed by atoms with Gasteiger partial charge in [0.2, 0.25) is 0 Å². The summed E-state index contributed by atoms with van der Waals surface area (Å²) in [5.74, 6) is 1.07. The lowest BCUT2D eigenvalue weighted by Crippen LogP contribution is -2.51. The van der Waals surface area contributed by atoms with Crippen LogP contribution in [0.15, 0.2) is 0 Å². The van der Waals surface area contributed by atoms with Gasteiger partial charge in [-0.3, -0.25) is 10.1 Å². The fourth-order valence-electron chi connectivity index (χ4n) is 2.81. The molecule has 1 saturated carbocycles. The topological polar surface area (TPSA) is 47.6 Å². The molecule has 122 valence electrons. The van der Waals surface area contributed by atoms with E-state index in [0.717, 1.165) is 31.3 Å². The molecule has 1 heterocycles. The third-order valence-electron chi connectivity index (χ3n) is 4.33. The van der Waals surface area contributed by atoms with Crippen molar-refractivity contribution in [2.24, 2.45) is 0 Å². The number of carbonyl (C=O) groups excluding carboxylic acids is 1. The predicted molar refractivity (Wildman–Crippen MR) is 86.7 cm³/mol. The maximum absolute atomic E-state index is 12.0. The highest BCUT2D eigenvalue weighted by Gasteiger charge is 2.38. The lowest BCUT2D eigenvalue weighted by atomic mass is 9.95. The van der Waals surface area contributed by atoms with Crippen molar-refractivity contribution >= 4 is 17.7 Å². The van der Waals surface area contributed by atoms with Gasteiger partial charge in [0.05, 0.1) is 7.11 Å². The lowest BCUT2D eigenvalue weighted by Gasteiger charge is -2.28. The zero-order chi connectivity index (χ0) is 15.1. The van der Waals surface area contributed by atoms with Crippen LogP contribution in [0.3, 0.4) is 0 Å². The Morgan fingerprint density at radius 2 is 2.00 bits per heavy atom. The van der Waals surface area contributed by atoms with Crippen LogP contribution in [0.2, 0.25) is 0 Å². The summed E-state index contributed by atoms with van der Waals surface area (Å²) in [7, 11) is 1.48. The summed E-state index contributed by atoms with van der Waals surface area (Å²) >= 11 is 2.07. The molecule has 0 amide bonds. The molecule has 2 aliphatic rings. The molecule has 2 rings (SSSR count). The molecule has 0 aromatic carbocycles. The number of hydrogen-bond donors (Lipinski definition) is 1. The van der Waals surface area contributed by atoms with E-state index in [1.165, 1.54) is 45.0 Å². The number of thioether (sulfide) groups is 1. The molecule has 0 bridgehead atoms. The van der Waals surface area contributed by atoms with E-state index in [2.05, 4.69) is 17.1 Å². The van der Waals surface area contributed by atoms with E-state index in [9.17, 15) is 4.79 Å². The van der Waals surface area contributed by atoms with Crippen molar-refractivity contribution in [3.05, 3.63) is 0 Å². The summed E-state index contributed by atoms with van der Waals surface area (Å²) in [5, 5.41) is 4.23. The van der Waals surface area contributed by atoms with Crippen molar-refractivity contribution in [2.45, 2.75) is 68.7 Å². The molecule has 0 aromatic heterocycles. The second kappa shape index (κ2) is 8.39. The van der Waals surface area contributed by atoms with Gasteiger partial charge in [0.1, 0.15) is 5.54 Å². The first-order valence-electron chi connectivity index (χ1n) is 8.19. The van der Waals surface area contributed by atoms with Gasteiger partial charge >= 0.3 is 5.97 Å². The molecule has 5 heteroatoms. The van der Waals surface area contributed by atoms with Gasteiger partial charge in [-0.25, -0.2) is 0 Å². The minimum absolute atomic E-state index is 0.119. The molecule has 1 unspecified atom stereocenters. The summed E-state index contributed by atoms with van der Waals surface area (Å²) in [6.07, 6.45) is 7.85. The average Bonchev–Trinajstić information content (AvgIpc) is 3.31. The Morgan fingerprint density at radius 3 is 2.62 bits per heavy atom. The van der Waals surface area contributed by atoms with E-state index in [-0.39, 0.29) is 5.97 Å². The highest BCUT2D eigenvalue weighted by atomic mass is 32.2. The maximum Gasteiger partial charge on any atom is 0.325 e. The van der Waals surface area contributed by atoms with Gasteiger partial charge in [-0.05, 0) is 51.2 Å². The summed E-state index contributed by atoms with van der Waals surface area (Å²) in [6.45, 7) is 3.83. The maximum atomic E-state index is 12.0. The smallest absolute Gasteiger partial charge is 0.325 e. The normalized spacial score (nSPS) is 22.8. The third kappa shape index (κ3) is 5.80. The first kappa shape index (κ1) is 17.1. The number of rotatable bonds is 9. The quantitative estimate of drug-likeness (QED) is 0.524. The average molecular weight is 315 g/mol. The Balaban J connectivity index is 1.63. The third-order valence-corrected chi connectivity index (χ3v) is 5.80. The molecule has 1 saturated heterocycles. The Labute approximate surface area is 132 Å². The van der Waals surface area contributed by atoms with Gasteiger partial charge in [0.25, 0.3) is 0 Å². The van der Waals surface area contributed by atoms with E-state index >= 15 is 0 Å². The number of unbranched alkanes of at least 4 members (excludes halogenated alkanes) is 1. The van der Waals surface area contributed by atoms with E-state index in [1.807, 2.05) is 6.92 Å². The lowest BCUT2D eigenvalue weighted by molar-refractivity contribution is -0.148. The first-order valence-corrected chi connectivity index (χ1v) is 9.24. The highest BCUT2D eigenvalue weighted by molar-refractivity contribution is 7.99. The van der Waals surface area contributed by atoms with E-state index < -0.39 is 5.54 Å². The highest BCUT2D eigenvalue weighted by Crippen LogP contribution is 2.27. The van der Waals surface area contributed by atoms with Crippen LogP contribution in [0.1, 0.15) is 51.9 Å². The number of hydrogen-bond acceptors (Lipinski definition) is 5. The zero-order valence-electron chi connectivity index (χ0n) is 13.4. The summed E-state index contributed by atoms with van der Waals surface area (Å²) in [5.41, 5.74) is -0.501. The minimum Gasteiger partial charge on any atom is -0.468 e. The zero-order valence-corrected chi connectivity index (χ0v) is 14.2. The van der Waals surface area contributed by atoms with Crippen molar-refractivity contribution in [1.82, 2.24) is 5.32 Å².